The summed E-state index contributed by atoms with van der Waals surface area (Å²) in [5, 5.41) is 3.92. The van der Waals surface area contributed by atoms with Crippen molar-refractivity contribution >= 4 is 49.0 Å². The van der Waals surface area contributed by atoms with E-state index in [1.807, 2.05) is 4.90 Å². The Morgan fingerprint density at radius 3 is 2.79 bits per heavy atom. The van der Waals surface area contributed by atoms with Crippen LogP contribution in [-0.4, -0.2) is 69.8 Å². The summed E-state index contributed by atoms with van der Waals surface area (Å²) in [5.41, 5.74) is 5.46. The maximum absolute atomic E-state index is 17.0. The molecule has 0 amide bonds. The molecule has 0 spiro atoms. The number of anilines is 2. The van der Waals surface area contributed by atoms with Crippen molar-refractivity contribution in [3.63, 3.8) is 0 Å². The molecule has 0 radical (unpaired) electrons. The zero-order valence-corrected chi connectivity index (χ0v) is 26.0. The number of aromatic nitrogens is 3. The molecule has 4 aromatic rings. The van der Waals surface area contributed by atoms with Crippen molar-refractivity contribution in [1.82, 2.24) is 25.2 Å². The van der Waals surface area contributed by atoms with Gasteiger partial charge in [-0.2, -0.15) is 18.7 Å². The lowest BCUT2D eigenvalue weighted by Gasteiger charge is -2.41. The Bertz CT molecular complexity index is 2060. The zero-order chi connectivity index (χ0) is 32.4. The third-order valence-corrected chi connectivity index (χ3v) is 11.7. The second-order valence-corrected chi connectivity index (χ2v) is 14.4. The first-order valence-corrected chi connectivity index (χ1v) is 16.6. The summed E-state index contributed by atoms with van der Waals surface area (Å²) >= 11 is 0.896. The first-order chi connectivity index (χ1) is 22.6. The maximum atomic E-state index is 17.0. The molecule has 9 rings (SSSR count). The van der Waals surface area contributed by atoms with Crippen LogP contribution in [0.15, 0.2) is 30.4 Å². The average molecular weight is 668 g/mol. The molecular weight excluding hydrogens is 637 g/mol. The molecule has 3 N–H and O–H groups in total. The number of nitrogens with two attached hydrogens (primary N) is 1. The van der Waals surface area contributed by atoms with Crippen molar-refractivity contribution < 1.29 is 26.7 Å². The van der Waals surface area contributed by atoms with Gasteiger partial charge in [0.15, 0.2) is 10.9 Å². The quantitative estimate of drug-likeness (QED) is 0.242. The molecule has 5 aliphatic rings. The maximum Gasteiger partial charge on any atom is 0.319 e. The van der Waals surface area contributed by atoms with E-state index in [1.165, 1.54) is 6.07 Å². The molecule has 47 heavy (non-hydrogen) atoms. The summed E-state index contributed by atoms with van der Waals surface area (Å²) in [4.78, 5) is 17.7. The highest BCUT2D eigenvalue weighted by Crippen LogP contribution is 2.49. The summed E-state index contributed by atoms with van der Waals surface area (Å²) in [6, 6.07) is 2.48. The van der Waals surface area contributed by atoms with Crippen LogP contribution < -0.4 is 20.7 Å². The van der Waals surface area contributed by atoms with Crippen molar-refractivity contribution in [2.45, 2.75) is 62.2 Å². The van der Waals surface area contributed by atoms with E-state index >= 15 is 8.78 Å². The number of fused-ring (bicyclic) bond motifs is 7. The van der Waals surface area contributed by atoms with Crippen LogP contribution in [0.5, 0.6) is 6.01 Å². The largest absolute Gasteiger partial charge is 0.461 e. The topological polar surface area (TPSA) is 92.4 Å². The van der Waals surface area contributed by atoms with E-state index in [0.29, 0.717) is 37.3 Å². The first-order valence-electron chi connectivity index (χ1n) is 15.8. The lowest BCUT2D eigenvalue weighted by molar-refractivity contribution is 0.108. The first kappa shape index (κ1) is 29.3. The molecule has 244 valence electrons. The van der Waals surface area contributed by atoms with Gasteiger partial charge >= 0.3 is 6.01 Å². The SMILES string of the molecule is C=C1C[C@@H]2[C@@H]3CC[C@H](CN2c2nc(OC[C@@]45CCCN4CC(=C(F)F)C5)nc4c(F)c(-c5ccc(F)c6sc(N)nc56)c(F)c1c24)N3. The number of ether oxygens (including phenoxy) is 1. The van der Waals surface area contributed by atoms with Crippen molar-refractivity contribution in [1.29, 1.82) is 0 Å². The van der Waals surface area contributed by atoms with Crippen molar-refractivity contribution in [3.05, 3.63) is 53.4 Å². The number of piperazine rings is 1. The lowest BCUT2D eigenvalue weighted by atomic mass is 9.91. The van der Waals surface area contributed by atoms with E-state index in [0.717, 1.165) is 36.7 Å². The smallest absolute Gasteiger partial charge is 0.319 e. The number of nitrogen functional groups attached to an aromatic ring is 1. The summed E-state index contributed by atoms with van der Waals surface area (Å²) in [5.74, 6) is -2.06. The molecule has 0 aliphatic carbocycles. The van der Waals surface area contributed by atoms with E-state index in [9.17, 15) is 13.2 Å². The van der Waals surface area contributed by atoms with Gasteiger partial charge in [0.2, 0.25) is 0 Å². The summed E-state index contributed by atoms with van der Waals surface area (Å²) in [6.07, 6.45) is 2.30. The van der Waals surface area contributed by atoms with Gasteiger partial charge in [0.25, 0.3) is 6.08 Å². The van der Waals surface area contributed by atoms with Crippen LogP contribution in [0.4, 0.5) is 32.9 Å². The predicted molar refractivity (Wildman–Crippen MR) is 170 cm³/mol. The number of nitrogens with zero attached hydrogens (tertiary/aromatic N) is 5. The average Bonchev–Trinajstić information content (AvgIpc) is 3.79. The number of rotatable bonds is 4. The van der Waals surface area contributed by atoms with Crippen LogP contribution in [0.25, 0.3) is 37.8 Å². The van der Waals surface area contributed by atoms with E-state index in [-0.39, 0.29) is 86.7 Å². The van der Waals surface area contributed by atoms with Crippen LogP contribution in [0, 0.1) is 17.5 Å². The Morgan fingerprint density at radius 2 is 1.96 bits per heavy atom. The molecule has 2 bridgehead atoms. The molecule has 14 heteroatoms. The van der Waals surface area contributed by atoms with Crippen LogP contribution in [0.2, 0.25) is 0 Å². The molecule has 4 saturated heterocycles. The number of thiazole rings is 1. The third kappa shape index (κ3) is 4.26. The standard InChI is InChI=1S/C33H30F5N7OS/c1-14-9-20-19-6-3-16(40-19)12-45(20)30-23-21(14)24(35)22(17-4-5-18(34)28-26(17)41-31(39)47-28)25(36)27(23)42-32(43-30)46-13-33-7-2-8-44(33)11-15(10-33)29(37)38/h4-5,16,19-20,40H,1-3,6-13H2,(H2,39,41)/t16-,19+,20-,33+/m1/s1. The lowest BCUT2D eigenvalue weighted by Crippen LogP contribution is -2.58. The Morgan fingerprint density at radius 1 is 1.11 bits per heavy atom. The summed E-state index contributed by atoms with van der Waals surface area (Å²) in [6.45, 7) is 5.74. The van der Waals surface area contributed by atoms with E-state index in [2.05, 4.69) is 26.8 Å². The molecule has 0 unspecified atom stereocenters. The highest BCUT2D eigenvalue weighted by Gasteiger charge is 2.49. The zero-order valence-electron chi connectivity index (χ0n) is 25.2. The Hall–Kier alpha value is -3.88. The van der Waals surface area contributed by atoms with E-state index in [4.69, 9.17) is 15.5 Å². The van der Waals surface area contributed by atoms with Crippen molar-refractivity contribution in [3.8, 4) is 17.1 Å². The summed E-state index contributed by atoms with van der Waals surface area (Å²) < 4.78 is 82.3. The highest BCUT2D eigenvalue weighted by atomic mass is 32.1. The highest BCUT2D eigenvalue weighted by molar-refractivity contribution is 7.22. The van der Waals surface area contributed by atoms with Gasteiger partial charge in [-0.05, 0) is 62.8 Å². The minimum absolute atomic E-state index is 0.0386. The van der Waals surface area contributed by atoms with Crippen molar-refractivity contribution in [2.75, 3.05) is 36.9 Å². The normalized spacial score (nSPS) is 26.7. The molecule has 4 fully saturated rings. The molecule has 0 saturated carbocycles. The Balaban J connectivity index is 1.25. The minimum Gasteiger partial charge on any atom is -0.461 e. The van der Waals surface area contributed by atoms with Gasteiger partial charge in [-0.1, -0.05) is 17.9 Å². The van der Waals surface area contributed by atoms with Crippen LogP contribution >= 0.6 is 11.3 Å². The second kappa shape index (κ2) is 10.3. The molecule has 7 heterocycles. The molecule has 2 aromatic heterocycles. The number of halogens is 5. The van der Waals surface area contributed by atoms with Gasteiger partial charge in [-0.3, -0.25) is 4.90 Å². The number of benzene rings is 2. The molecule has 4 atom stereocenters. The van der Waals surface area contributed by atoms with Gasteiger partial charge in [-0.25, -0.2) is 18.2 Å². The molecule has 5 aliphatic heterocycles. The number of nitrogens with one attached hydrogen (secondary N) is 1. The summed E-state index contributed by atoms with van der Waals surface area (Å²) in [7, 11) is 0. The Kier molecular flexibility index (Phi) is 6.42. The fourth-order valence-corrected chi connectivity index (χ4v) is 9.47. The number of hydrogen-bond donors (Lipinski definition) is 2. The number of hydrogen-bond acceptors (Lipinski definition) is 9. The van der Waals surface area contributed by atoms with Gasteiger partial charge in [-0.15, -0.1) is 0 Å². The fraction of sp³-hybridized carbons (Fsp3) is 0.424. The van der Waals surface area contributed by atoms with Crippen LogP contribution in [0.1, 0.15) is 44.1 Å². The second-order valence-electron chi connectivity index (χ2n) is 13.4. The van der Waals surface area contributed by atoms with Crippen LogP contribution in [0.3, 0.4) is 0 Å². The monoisotopic (exact) mass is 667 g/mol. The molecular formula is C33H30F5N7OS. The minimum atomic E-state index is -1.66. The van der Waals surface area contributed by atoms with Gasteiger partial charge in [0, 0.05) is 47.9 Å². The van der Waals surface area contributed by atoms with E-state index in [1.54, 1.807) is 0 Å². The Labute approximate surface area is 270 Å². The van der Waals surface area contributed by atoms with Gasteiger partial charge < -0.3 is 20.7 Å². The predicted octanol–water partition coefficient (Wildman–Crippen LogP) is 6.40. The van der Waals surface area contributed by atoms with Crippen LogP contribution in [-0.2, 0) is 0 Å². The fourth-order valence-electron chi connectivity index (χ4n) is 8.71. The molecule has 8 nitrogen and oxygen atoms in total. The van der Waals surface area contributed by atoms with Gasteiger partial charge in [0.05, 0.1) is 26.7 Å². The van der Waals surface area contributed by atoms with E-state index < -0.39 is 34.6 Å². The van der Waals surface area contributed by atoms with Crippen molar-refractivity contribution in [2.24, 2.45) is 0 Å². The third-order valence-electron chi connectivity index (χ3n) is 10.8. The molecule has 2 aromatic carbocycles. The van der Waals surface area contributed by atoms with Gasteiger partial charge in [0.1, 0.15) is 29.6 Å².